The first kappa shape index (κ1) is 20.6. The molecule has 0 saturated heterocycles. The van der Waals surface area contributed by atoms with Gasteiger partial charge >= 0.3 is 0 Å². The first-order valence-corrected chi connectivity index (χ1v) is 9.55. The van der Waals surface area contributed by atoms with Crippen LogP contribution in [0.2, 0.25) is 0 Å². The molecule has 0 bridgehead atoms. The lowest BCUT2D eigenvalue weighted by Gasteiger charge is -2.20. The Hall–Kier alpha value is -3.17. The molecule has 0 heterocycles. The molecule has 0 amide bonds. The number of alkyl halides is 1. The highest BCUT2D eigenvalue weighted by Gasteiger charge is 2.35. The molecule has 0 aromatic heterocycles. The molecule has 0 N–H and O–H groups in total. The van der Waals surface area contributed by atoms with E-state index in [1.165, 1.54) is 11.6 Å². The molecule has 0 fully saturated rings. The fourth-order valence-electron chi connectivity index (χ4n) is 2.90. The summed E-state index contributed by atoms with van der Waals surface area (Å²) in [5.74, 6) is 8.00. The average molecular weight is 390 g/mol. The zero-order valence-electron chi connectivity index (χ0n) is 16.4. The van der Waals surface area contributed by atoms with Gasteiger partial charge in [0.25, 0.3) is 0 Å². The van der Waals surface area contributed by atoms with Crippen molar-refractivity contribution in [3.8, 4) is 23.7 Å². The summed E-state index contributed by atoms with van der Waals surface area (Å²) in [7, 11) is 0. The molecule has 0 radical (unpaired) electrons. The second-order valence-corrected chi connectivity index (χ2v) is 7.12. The SMILES string of the molecule is CCCc1ccc(C#Cc2ccc(C#CC3C=CC(C)(F)C(F)=C3F)cc2)cc1. The van der Waals surface area contributed by atoms with Crippen LogP contribution < -0.4 is 0 Å². The third-order valence-electron chi connectivity index (χ3n) is 4.61. The number of allylic oxidation sites excluding steroid dienone is 4. The van der Waals surface area contributed by atoms with Crippen molar-refractivity contribution in [2.75, 3.05) is 0 Å². The van der Waals surface area contributed by atoms with Gasteiger partial charge in [-0.15, -0.1) is 0 Å². The minimum atomic E-state index is -2.40. The first-order chi connectivity index (χ1) is 13.9. The van der Waals surface area contributed by atoms with Crippen molar-refractivity contribution < 1.29 is 13.2 Å². The van der Waals surface area contributed by atoms with Crippen molar-refractivity contribution in [1.29, 1.82) is 0 Å². The number of benzene rings is 2. The Labute approximate surface area is 170 Å². The molecule has 3 heteroatoms. The van der Waals surface area contributed by atoms with E-state index in [1.807, 2.05) is 24.3 Å². The van der Waals surface area contributed by atoms with Gasteiger partial charge in [0.2, 0.25) is 0 Å². The van der Waals surface area contributed by atoms with Gasteiger partial charge in [-0.1, -0.05) is 55.2 Å². The Morgan fingerprint density at radius 1 is 0.862 bits per heavy atom. The number of rotatable bonds is 2. The molecule has 1 aliphatic rings. The fraction of sp³-hybridized carbons (Fsp3) is 0.231. The lowest BCUT2D eigenvalue weighted by molar-refractivity contribution is 0.238. The van der Waals surface area contributed by atoms with Gasteiger partial charge in [-0.25, -0.2) is 13.2 Å². The molecule has 0 saturated carbocycles. The summed E-state index contributed by atoms with van der Waals surface area (Å²) in [5, 5.41) is 0. The van der Waals surface area contributed by atoms with Gasteiger partial charge in [0, 0.05) is 16.7 Å². The molecule has 2 aromatic carbocycles. The van der Waals surface area contributed by atoms with Crippen molar-refractivity contribution in [1.82, 2.24) is 0 Å². The molecule has 1 aliphatic carbocycles. The van der Waals surface area contributed by atoms with Gasteiger partial charge in [0.1, 0.15) is 0 Å². The maximum atomic E-state index is 13.9. The van der Waals surface area contributed by atoms with E-state index in [1.54, 1.807) is 12.1 Å². The van der Waals surface area contributed by atoms with Crippen LogP contribution in [-0.2, 0) is 6.42 Å². The number of hydrogen-bond acceptors (Lipinski definition) is 0. The predicted octanol–water partition coefficient (Wildman–Crippen LogP) is 6.46. The van der Waals surface area contributed by atoms with Crippen LogP contribution in [0.5, 0.6) is 0 Å². The van der Waals surface area contributed by atoms with E-state index in [9.17, 15) is 13.2 Å². The van der Waals surface area contributed by atoms with Crippen LogP contribution in [-0.4, -0.2) is 5.67 Å². The fourth-order valence-corrected chi connectivity index (χ4v) is 2.90. The largest absolute Gasteiger partial charge is 0.232 e. The van der Waals surface area contributed by atoms with E-state index < -0.39 is 23.2 Å². The van der Waals surface area contributed by atoms with Crippen molar-refractivity contribution >= 4 is 0 Å². The molecule has 29 heavy (non-hydrogen) atoms. The summed E-state index contributed by atoms with van der Waals surface area (Å²) >= 11 is 0. The van der Waals surface area contributed by atoms with Gasteiger partial charge in [0.05, 0.1) is 5.92 Å². The highest BCUT2D eigenvalue weighted by atomic mass is 19.2. The van der Waals surface area contributed by atoms with Crippen LogP contribution in [0.25, 0.3) is 0 Å². The van der Waals surface area contributed by atoms with Gasteiger partial charge in [-0.05, 0) is 61.4 Å². The Morgan fingerprint density at radius 3 is 1.93 bits per heavy atom. The van der Waals surface area contributed by atoms with Crippen LogP contribution in [0.3, 0.4) is 0 Å². The van der Waals surface area contributed by atoms with Crippen molar-refractivity contribution in [3.63, 3.8) is 0 Å². The molecule has 0 aliphatic heterocycles. The van der Waals surface area contributed by atoms with Gasteiger partial charge in [-0.3, -0.25) is 0 Å². The first-order valence-electron chi connectivity index (χ1n) is 9.55. The summed E-state index contributed by atoms with van der Waals surface area (Å²) < 4.78 is 41.3. The third-order valence-corrected chi connectivity index (χ3v) is 4.61. The van der Waals surface area contributed by atoms with E-state index in [0.717, 1.165) is 37.0 Å². The number of aryl methyl sites for hydroxylation is 1. The Bertz CT molecular complexity index is 1050. The summed E-state index contributed by atoms with van der Waals surface area (Å²) in [6, 6.07) is 15.4. The Morgan fingerprint density at radius 2 is 1.38 bits per heavy atom. The molecule has 146 valence electrons. The molecule has 0 nitrogen and oxygen atoms in total. The summed E-state index contributed by atoms with van der Waals surface area (Å²) in [4.78, 5) is 0. The second kappa shape index (κ2) is 8.89. The minimum Gasteiger partial charge on any atom is -0.232 e. The standard InChI is InChI=1S/C26H21F3/c1-3-4-19-5-7-20(8-6-19)9-10-21-11-13-22(14-12-21)15-16-23-17-18-26(2,29)25(28)24(23)27/h5-8,11-14,17-18,23H,3-4H2,1-2H3. The van der Waals surface area contributed by atoms with Crippen molar-refractivity contribution in [2.24, 2.45) is 5.92 Å². The van der Waals surface area contributed by atoms with Crippen LogP contribution in [0.1, 0.15) is 42.5 Å². The average Bonchev–Trinajstić information content (AvgIpc) is 2.72. The molecule has 2 unspecified atom stereocenters. The normalized spacial score (nSPS) is 20.5. The monoisotopic (exact) mass is 390 g/mol. The van der Waals surface area contributed by atoms with Gasteiger partial charge in [-0.2, -0.15) is 0 Å². The van der Waals surface area contributed by atoms with Crippen molar-refractivity contribution in [2.45, 2.75) is 32.4 Å². The van der Waals surface area contributed by atoms with Crippen LogP contribution >= 0.6 is 0 Å². The second-order valence-electron chi connectivity index (χ2n) is 7.12. The number of hydrogen-bond donors (Lipinski definition) is 0. The topological polar surface area (TPSA) is 0 Å². The van der Waals surface area contributed by atoms with Gasteiger partial charge in [0.15, 0.2) is 17.3 Å². The predicted molar refractivity (Wildman–Crippen MR) is 111 cm³/mol. The zero-order valence-corrected chi connectivity index (χ0v) is 16.4. The van der Waals surface area contributed by atoms with E-state index >= 15 is 0 Å². The van der Waals surface area contributed by atoms with Crippen LogP contribution in [0.15, 0.2) is 72.3 Å². The molecule has 2 aromatic rings. The summed E-state index contributed by atoms with van der Waals surface area (Å²) in [5.41, 5.74) is 1.32. The van der Waals surface area contributed by atoms with E-state index in [-0.39, 0.29) is 0 Å². The lowest BCUT2D eigenvalue weighted by atomic mass is 9.93. The number of halogens is 3. The molecule has 2 atom stereocenters. The summed E-state index contributed by atoms with van der Waals surface area (Å²) in [6.45, 7) is 3.13. The maximum Gasteiger partial charge on any atom is 0.180 e. The van der Waals surface area contributed by atoms with E-state index in [2.05, 4.69) is 42.7 Å². The smallest absolute Gasteiger partial charge is 0.180 e. The van der Waals surface area contributed by atoms with E-state index in [0.29, 0.717) is 5.56 Å². The molecular formula is C26H21F3. The lowest BCUT2D eigenvalue weighted by Crippen LogP contribution is -2.21. The third kappa shape index (κ3) is 5.21. The zero-order chi connectivity index (χ0) is 20.9. The Balaban J connectivity index is 1.69. The molecule has 3 rings (SSSR count). The van der Waals surface area contributed by atoms with E-state index in [4.69, 9.17) is 0 Å². The van der Waals surface area contributed by atoms with Crippen LogP contribution in [0.4, 0.5) is 13.2 Å². The quantitative estimate of drug-likeness (QED) is 0.408. The molecule has 0 spiro atoms. The minimum absolute atomic E-state index is 0.648. The van der Waals surface area contributed by atoms with Gasteiger partial charge < -0.3 is 0 Å². The summed E-state index contributed by atoms with van der Waals surface area (Å²) in [6.07, 6.45) is 4.42. The maximum absolute atomic E-state index is 13.9. The highest BCUT2D eigenvalue weighted by molar-refractivity contribution is 5.47. The van der Waals surface area contributed by atoms with Crippen LogP contribution in [0, 0.1) is 29.6 Å². The molecular weight excluding hydrogens is 369 g/mol. The van der Waals surface area contributed by atoms with Crippen molar-refractivity contribution in [3.05, 3.63) is 94.6 Å². The highest BCUT2D eigenvalue weighted by Crippen LogP contribution is 2.36. The Kier molecular flexibility index (Phi) is 6.30.